The lowest BCUT2D eigenvalue weighted by Gasteiger charge is -2.24. The number of aryl methyl sites for hydroxylation is 1. The fourth-order valence-corrected chi connectivity index (χ4v) is 2.23. The summed E-state index contributed by atoms with van der Waals surface area (Å²) in [5.74, 6) is -0.673. The van der Waals surface area contributed by atoms with E-state index in [1.807, 2.05) is 6.92 Å². The van der Waals surface area contributed by atoms with Crippen molar-refractivity contribution in [2.24, 2.45) is 0 Å². The third kappa shape index (κ3) is 4.66. The number of hydrogen-bond acceptors (Lipinski definition) is 5. The van der Waals surface area contributed by atoms with Gasteiger partial charge in [-0.25, -0.2) is 14.2 Å². The number of carbonyl (C=O) groups excluding carboxylic acids is 1. The van der Waals surface area contributed by atoms with Gasteiger partial charge in [0, 0.05) is 18.8 Å². The number of ether oxygens (including phenoxy) is 1. The predicted octanol–water partition coefficient (Wildman–Crippen LogP) is 3.52. The number of hydrogen-bond donors (Lipinski definition) is 0. The van der Waals surface area contributed by atoms with Crippen molar-refractivity contribution >= 4 is 17.7 Å². The van der Waals surface area contributed by atoms with Crippen LogP contribution >= 0.6 is 11.6 Å². The maximum atomic E-state index is 14.3. The van der Waals surface area contributed by atoms with E-state index in [0.29, 0.717) is 17.9 Å². The van der Waals surface area contributed by atoms with Crippen molar-refractivity contribution < 1.29 is 13.9 Å². The van der Waals surface area contributed by atoms with Crippen LogP contribution in [0.2, 0.25) is 5.15 Å². The third-order valence-electron chi connectivity index (χ3n) is 3.20. The normalized spacial score (nSPS) is 11.5. The molecule has 9 heteroatoms. The lowest BCUT2D eigenvalue weighted by atomic mass is 10.1. The van der Waals surface area contributed by atoms with Crippen LogP contribution < -0.4 is 0 Å². The molecule has 2 rings (SSSR count). The lowest BCUT2D eigenvalue weighted by molar-refractivity contribution is 0.0283. The van der Waals surface area contributed by atoms with Gasteiger partial charge < -0.3 is 9.64 Å². The minimum Gasteiger partial charge on any atom is -0.444 e. The summed E-state index contributed by atoms with van der Waals surface area (Å²) in [6.45, 7) is 7.83. The standard InChI is InChI=1S/C16H21ClFN5O2/c1-6-23-20-11(9-22(5)15(24)25-16(2,3)4)13(21-23)10-7-8-19-14(17)12(10)18/h7-8H,6,9H2,1-5H3. The average molecular weight is 370 g/mol. The summed E-state index contributed by atoms with van der Waals surface area (Å²) in [5, 5.41) is 8.37. The van der Waals surface area contributed by atoms with E-state index in [4.69, 9.17) is 16.3 Å². The Kier molecular flexibility index (Phi) is 5.62. The van der Waals surface area contributed by atoms with E-state index in [0.717, 1.165) is 0 Å². The van der Waals surface area contributed by atoms with Crippen LogP contribution in [0, 0.1) is 5.82 Å². The monoisotopic (exact) mass is 369 g/mol. The maximum Gasteiger partial charge on any atom is 0.410 e. The molecule has 0 saturated carbocycles. The summed E-state index contributed by atoms with van der Waals surface area (Å²) in [4.78, 5) is 18.6. The number of pyridine rings is 1. The van der Waals surface area contributed by atoms with Crippen LogP contribution in [-0.2, 0) is 17.8 Å². The Morgan fingerprint density at radius 1 is 1.40 bits per heavy atom. The summed E-state index contributed by atoms with van der Waals surface area (Å²) in [7, 11) is 1.58. The molecule has 7 nitrogen and oxygen atoms in total. The fourth-order valence-electron chi connectivity index (χ4n) is 2.07. The zero-order valence-corrected chi connectivity index (χ0v) is 15.6. The van der Waals surface area contributed by atoms with Crippen LogP contribution in [-0.4, -0.2) is 43.6 Å². The molecule has 0 fully saturated rings. The van der Waals surface area contributed by atoms with Crippen molar-refractivity contribution in [1.82, 2.24) is 24.9 Å². The molecule has 0 aliphatic rings. The Morgan fingerprint density at radius 2 is 2.08 bits per heavy atom. The molecule has 1 amide bonds. The zero-order valence-electron chi connectivity index (χ0n) is 14.9. The van der Waals surface area contributed by atoms with Crippen LogP contribution in [0.5, 0.6) is 0 Å². The quantitative estimate of drug-likeness (QED) is 0.771. The number of rotatable bonds is 4. The molecule has 0 atom stereocenters. The van der Waals surface area contributed by atoms with Gasteiger partial charge in [0.25, 0.3) is 0 Å². The van der Waals surface area contributed by atoms with Gasteiger partial charge in [0.15, 0.2) is 11.0 Å². The van der Waals surface area contributed by atoms with Gasteiger partial charge in [0.2, 0.25) is 0 Å². The maximum absolute atomic E-state index is 14.3. The second-order valence-corrected chi connectivity index (χ2v) is 6.84. The molecule has 0 aliphatic carbocycles. The molecule has 136 valence electrons. The van der Waals surface area contributed by atoms with E-state index in [9.17, 15) is 9.18 Å². The summed E-state index contributed by atoms with van der Waals surface area (Å²) in [6.07, 6.45) is 0.894. The molecular formula is C16H21ClFN5O2. The van der Waals surface area contributed by atoms with Gasteiger partial charge in [0.1, 0.15) is 17.0 Å². The molecule has 0 bridgehead atoms. The lowest BCUT2D eigenvalue weighted by Crippen LogP contribution is -2.34. The van der Waals surface area contributed by atoms with E-state index in [-0.39, 0.29) is 17.3 Å². The van der Waals surface area contributed by atoms with E-state index in [1.165, 1.54) is 22.0 Å². The van der Waals surface area contributed by atoms with Gasteiger partial charge in [-0.05, 0) is 33.8 Å². The molecule has 0 N–H and O–H groups in total. The zero-order chi connectivity index (χ0) is 18.8. The molecule has 0 unspecified atom stereocenters. The third-order valence-corrected chi connectivity index (χ3v) is 3.47. The Hall–Kier alpha value is -2.22. The van der Waals surface area contributed by atoms with Crippen molar-refractivity contribution in [2.45, 2.75) is 46.4 Å². The van der Waals surface area contributed by atoms with Gasteiger partial charge >= 0.3 is 6.09 Å². The van der Waals surface area contributed by atoms with Crippen LogP contribution in [0.25, 0.3) is 11.3 Å². The molecular weight excluding hydrogens is 349 g/mol. The van der Waals surface area contributed by atoms with Gasteiger partial charge in [-0.15, -0.1) is 0 Å². The van der Waals surface area contributed by atoms with Crippen molar-refractivity contribution in [3.05, 3.63) is 28.9 Å². The Labute approximate surface area is 150 Å². The van der Waals surface area contributed by atoms with Crippen LogP contribution in [0.3, 0.4) is 0 Å². The first kappa shape index (κ1) is 19.1. The number of carbonyl (C=O) groups is 1. The van der Waals surface area contributed by atoms with E-state index < -0.39 is 17.5 Å². The van der Waals surface area contributed by atoms with Crippen molar-refractivity contribution in [3.8, 4) is 11.3 Å². The van der Waals surface area contributed by atoms with Crippen molar-refractivity contribution in [2.75, 3.05) is 7.05 Å². The molecule has 0 spiro atoms. The molecule has 0 aromatic carbocycles. The molecule has 2 aromatic heterocycles. The van der Waals surface area contributed by atoms with Gasteiger partial charge in [-0.3, -0.25) is 0 Å². The molecule has 0 aliphatic heterocycles. The minimum atomic E-state index is -0.673. The Balaban J connectivity index is 2.34. The molecule has 0 radical (unpaired) electrons. The highest BCUT2D eigenvalue weighted by atomic mass is 35.5. The highest BCUT2D eigenvalue weighted by Crippen LogP contribution is 2.27. The summed E-state index contributed by atoms with van der Waals surface area (Å²) >= 11 is 5.76. The predicted molar refractivity (Wildman–Crippen MR) is 91.6 cm³/mol. The van der Waals surface area contributed by atoms with Crippen LogP contribution in [0.4, 0.5) is 9.18 Å². The van der Waals surface area contributed by atoms with Crippen LogP contribution in [0.15, 0.2) is 12.3 Å². The minimum absolute atomic E-state index is 0.115. The summed E-state index contributed by atoms with van der Waals surface area (Å²) in [6, 6.07) is 1.47. The van der Waals surface area contributed by atoms with E-state index in [2.05, 4.69) is 15.2 Å². The highest BCUT2D eigenvalue weighted by molar-refractivity contribution is 6.29. The number of aromatic nitrogens is 4. The highest BCUT2D eigenvalue weighted by Gasteiger charge is 2.24. The Bertz CT molecular complexity index is 772. The molecule has 2 aromatic rings. The molecule has 0 saturated heterocycles. The first-order chi connectivity index (χ1) is 11.6. The number of amides is 1. The van der Waals surface area contributed by atoms with Crippen LogP contribution in [0.1, 0.15) is 33.4 Å². The second kappa shape index (κ2) is 7.35. The molecule has 25 heavy (non-hydrogen) atoms. The topological polar surface area (TPSA) is 73.1 Å². The number of nitrogens with zero attached hydrogens (tertiary/aromatic N) is 5. The van der Waals surface area contributed by atoms with Gasteiger partial charge in [-0.2, -0.15) is 15.0 Å². The summed E-state index contributed by atoms with van der Waals surface area (Å²) < 4.78 is 19.6. The summed E-state index contributed by atoms with van der Waals surface area (Å²) in [5.41, 5.74) is 0.336. The smallest absolute Gasteiger partial charge is 0.410 e. The van der Waals surface area contributed by atoms with E-state index >= 15 is 0 Å². The van der Waals surface area contributed by atoms with Gasteiger partial charge in [-0.1, -0.05) is 11.6 Å². The van der Waals surface area contributed by atoms with E-state index in [1.54, 1.807) is 27.8 Å². The largest absolute Gasteiger partial charge is 0.444 e. The van der Waals surface area contributed by atoms with Gasteiger partial charge in [0.05, 0.1) is 13.1 Å². The number of halogens is 2. The second-order valence-electron chi connectivity index (χ2n) is 6.48. The first-order valence-electron chi connectivity index (χ1n) is 7.81. The average Bonchev–Trinajstić information content (AvgIpc) is 2.91. The first-order valence-corrected chi connectivity index (χ1v) is 8.18. The molecule has 2 heterocycles. The van der Waals surface area contributed by atoms with Crippen molar-refractivity contribution in [3.63, 3.8) is 0 Å². The van der Waals surface area contributed by atoms with Crippen molar-refractivity contribution in [1.29, 1.82) is 0 Å². The Morgan fingerprint density at radius 3 is 2.68 bits per heavy atom. The fraction of sp³-hybridized carbons (Fsp3) is 0.500. The SMILES string of the molecule is CCn1nc(CN(C)C(=O)OC(C)(C)C)c(-c2ccnc(Cl)c2F)n1.